The fourth-order valence-electron chi connectivity index (χ4n) is 1.73. The average molecular weight is 397 g/mol. The Kier molecular flexibility index (Phi) is 5.43. The molecule has 2 amide bonds. The van der Waals surface area contributed by atoms with Crippen molar-refractivity contribution < 1.29 is 14.3 Å². The molecule has 0 spiro atoms. The van der Waals surface area contributed by atoms with Crippen molar-refractivity contribution >= 4 is 50.6 Å². The van der Waals surface area contributed by atoms with Gasteiger partial charge in [-0.3, -0.25) is 10.1 Å². The highest BCUT2D eigenvalue weighted by Crippen LogP contribution is 2.26. The van der Waals surface area contributed by atoms with Crippen LogP contribution < -0.4 is 10.6 Å². The van der Waals surface area contributed by atoms with Gasteiger partial charge in [0, 0.05) is 0 Å². The van der Waals surface area contributed by atoms with Gasteiger partial charge in [0.25, 0.3) is 5.91 Å². The van der Waals surface area contributed by atoms with Gasteiger partial charge in [-0.25, -0.2) is 4.79 Å². The van der Waals surface area contributed by atoms with E-state index in [0.717, 1.165) is 3.79 Å². The summed E-state index contributed by atoms with van der Waals surface area (Å²) in [7, 11) is 0. The molecule has 1 aromatic carbocycles. The summed E-state index contributed by atoms with van der Waals surface area (Å²) < 4.78 is 6.10. The van der Waals surface area contributed by atoms with Crippen molar-refractivity contribution in [1.29, 1.82) is 0 Å². The zero-order valence-electron chi connectivity index (χ0n) is 13.0. The summed E-state index contributed by atoms with van der Waals surface area (Å²) in [6, 6.07) is 10.5. The largest absolute Gasteiger partial charge is 0.444 e. The molecule has 0 aliphatic carbocycles. The van der Waals surface area contributed by atoms with Crippen molar-refractivity contribution in [3.05, 3.63) is 45.1 Å². The van der Waals surface area contributed by atoms with Crippen LogP contribution in [0.3, 0.4) is 0 Å². The standard InChI is InChI=1S/C16H17BrN2O3S/c1-16(2,3)22-15(21)19-11-7-5-4-6-10(11)18-14(20)12-8-9-13(17)23-12/h4-9H,1-3H3,(H,18,20)(H,19,21). The number of rotatable bonds is 3. The molecule has 0 aliphatic rings. The first-order valence-electron chi connectivity index (χ1n) is 6.90. The van der Waals surface area contributed by atoms with E-state index in [9.17, 15) is 9.59 Å². The summed E-state index contributed by atoms with van der Waals surface area (Å²) in [4.78, 5) is 24.7. The minimum absolute atomic E-state index is 0.237. The molecule has 0 radical (unpaired) electrons. The van der Waals surface area contributed by atoms with Crippen LogP contribution in [0, 0.1) is 0 Å². The third-order valence-corrected chi connectivity index (χ3v) is 4.23. The number of para-hydroxylation sites is 2. The quantitative estimate of drug-likeness (QED) is 0.756. The van der Waals surface area contributed by atoms with E-state index < -0.39 is 11.7 Å². The smallest absolute Gasteiger partial charge is 0.412 e. The monoisotopic (exact) mass is 396 g/mol. The number of hydrogen-bond donors (Lipinski definition) is 2. The predicted octanol–water partition coefficient (Wildman–Crippen LogP) is 5.11. The predicted molar refractivity (Wildman–Crippen MR) is 96.3 cm³/mol. The topological polar surface area (TPSA) is 67.4 Å². The Balaban J connectivity index is 2.11. The molecule has 5 nitrogen and oxygen atoms in total. The third-order valence-electron chi connectivity index (χ3n) is 2.61. The third kappa shape index (κ3) is 5.37. The van der Waals surface area contributed by atoms with Gasteiger partial charge in [-0.05, 0) is 61.0 Å². The molecule has 0 saturated heterocycles. The van der Waals surface area contributed by atoms with Gasteiger partial charge in [0.05, 0.1) is 20.0 Å². The van der Waals surface area contributed by atoms with E-state index in [1.807, 2.05) is 6.07 Å². The molecule has 23 heavy (non-hydrogen) atoms. The van der Waals surface area contributed by atoms with E-state index in [0.29, 0.717) is 16.3 Å². The lowest BCUT2D eigenvalue weighted by Gasteiger charge is -2.20. The molecule has 7 heteroatoms. The Hall–Kier alpha value is -1.86. The summed E-state index contributed by atoms with van der Waals surface area (Å²) in [6.45, 7) is 5.36. The van der Waals surface area contributed by atoms with Crippen LogP contribution in [0.5, 0.6) is 0 Å². The normalized spacial score (nSPS) is 11.0. The maximum absolute atomic E-state index is 12.2. The van der Waals surface area contributed by atoms with Crippen molar-refractivity contribution in [1.82, 2.24) is 0 Å². The molecule has 0 aliphatic heterocycles. The van der Waals surface area contributed by atoms with Gasteiger partial charge in [0.2, 0.25) is 0 Å². The molecule has 0 unspecified atom stereocenters. The van der Waals surface area contributed by atoms with Crippen LogP contribution in [0.4, 0.5) is 16.2 Å². The van der Waals surface area contributed by atoms with E-state index in [1.54, 1.807) is 51.1 Å². The van der Waals surface area contributed by atoms with Crippen molar-refractivity contribution in [2.45, 2.75) is 26.4 Å². The second-order valence-corrected chi connectivity index (χ2v) is 8.19. The lowest BCUT2D eigenvalue weighted by molar-refractivity contribution is 0.0635. The Morgan fingerprint density at radius 2 is 1.65 bits per heavy atom. The summed E-state index contributed by atoms with van der Waals surface area (Å²) in [5.41, 5.74) is 0.393. The summed E-state index contributed by atoms with van der Waals surface area (Å²) in [5, 5.41) is 5.44. The number of halogens is 1. The lowest BCUT2D eigenvalue weighted by Crippen LogP contribution is -2.27. The number of carbonyl (C=O) groups excluding carboxylic acids is 2. The van der Waals surface area contributed by atoms with Gasteiger partial charge in [0.15, 0.2) is 0 Å². The highest BCUT2D eigenvalue weighted by molar-refractivity contribution is 9.11. The molecule has 1 aromatic heterocycles. The summed E-state index contributed by atoms with van der Waals surface area (Å²) in [6.07, 6.45) is -0.571. The van der Waals surface area contributed by atoms with E-state index in [4.69, 9.17) is 4.74 Å². The molecule has 2 N–H and O–H groups in total. The zero-order chi connectivity index (χ0) is 17.0. The van der Waals surface area contributed by atoms with Gasteiger partial charge in [-0.1, -0.05) is 12.1 Å². The minimum atomic E-state index is -0.592. The first-order chi connectivity index (χ1) is 10.7. The minimum Gasteiger partial charge on any atom is -0.444 e. The second-order valence-electron chi connectivity index (χ2n) is 5.73. The lowest BCUT2D eigenvalue weighted by atomic mass is 10.2. The number of benzene rings is 1. The fraction of sp³-hybridized carbons (Fsp3) is 0.250. The van der Waals surface area contributed by atoms with E-state index in [1.165, 1.54) is 11.3 Å². The van der Waals surface area contributed by atoms with Crippen LogP contribution in [-0.4, -0.2) is 17.6 Å². The Morgan fingerprint density at radius 1 is 1.04 bits per heavy atom. The molecule has 122 valence electrons. The van der Waals surface area contributed by atoms with Crippen molar-refractivity contribution in [2.24, 2.45) is 0 Å². The molecule has 0 atom stereocenters. The number of amides is 2. The number of carbonyl (C=O) groups is 2. The first kappa shape index (κ1) is 17.5. The van der Waals surface area contributed by atoms with E-state index in [-0.39, 0.29) is 5.91 Å². The van der Waals surface area contributed by atoms with Crippen LogP contribution in [0.15, 0.2) is 40.2 Å². The van der Waals surface area contributed by atoms with E-state index in [2.05, 4.69) is 26.6 Å². The van der Waals surface area contributed by atoms with Crippen LogP contribution in [-0.2, 0) is 4.74 Å². The van der Waals surface area contributed by atoms with Crippen LogP contribution in [0.2, 0.25) is 0 Å². The maximum atomic E-state index is 12.2. The second kappa shape index (κ2) is 7.14. The van der Waals surface area contributed by atoms with Crippen LogP contribution >= 0.6 is 27.3 Å². The van der Waals surface area contributed by atoms with Crippen molar-refractivity contribution in [3.8, 4) is 0 Å². The van der Waals surface area contributed by atoms with Crippen molar-refractivity contribution in [3.63, 3.8) is 0 Å². The summed E-state index contributed by atoms with van der Waals surface area (Å²) in [5.74, 6) is -0.237. The Labute approximate surface area is 147 Å². The number of hydrogen-bond acceptors (Lipinski definition) is 4. The Bertz CT molecular complexity index is 722. The van der Waals surface area contributed by atoms with Crippen LogP contribution in [0.25, 0.3) is 0 Å². The summed E-state index contributed by atoms with van der Waals surface area (Å²) >= 11 is 4.66. The highest BCUT2D eigenvalue weighted by Gasteiger charge is 2.18. The zero-order valence-corrected chi connectivity index (χ0v) is 15.4. The number of nitrogens with one attached hydrogen (secondary N) is 2. The highest BCUT2D eigenvalue weighted by atomic mass is 79.9. The fourth-order valence-corrected chi connectivity index (χ4v) is 3.02. The molecular formula is C16H17BrN2O3S. The van der Waals surface area contributed by atoms with Gasteiger partial charge in [0.1, 0.15) is 5.60 Å². The van der Waals surface area contributed by atoms with E-state index >= 15 is 0 Å². The van der Waals surface area contributed by atoms with Crippen LogP contribution in [0.1, 0.15) is 30.4 Å². The molecule has 0 fully saturated rings. The first-order valence-corrected chi connectivity index (χ1v) is 8.51. The van der Waals surface area contributed by atoms with Gasteiger partial charge in [-0.15, -0.1) is 11.3 Å². The molecule has 0 bridgehead atoms. The van der Waals surface area contributed by atoms with Gasteiger partial charge in [-0.2, -0.15) is 0 Å². The molecular weight excluding hydrogens is 380 g/mol. The maximum Gasteiger partial charge on any atom is 0.412 e. The number of ether oxygens (including phenoxy) is 1. The molecule has 2 aromatic rings. The Morgan fingerprint density at radius 3 is 2.17 bits per heavy atom. The number of anilines is 2. The van der Waals surface area contributed by atoms with Crippen molar-refractivity contribution in [2.75, 3.05) is 10.6 Å². The number of thiophene rings is 1. The average Bonchev–Trinajstić information content (AvgIpc) is 2.85. The molecule has 0 saturated carbocycles. The molecule has 1 heterocycles. The van der Waals surface area contributed by atoms with Gasteiger partial charge < -0.3 is 10.1 Å². The molecule has 2 rings (SSSR count). The SMILES string of the molecule is CC(C)(C)OC(=O)Nc1ccccc1NC(=O)c1ccc(Br)s1. The van der Waals surface area contributed by atoms with Gasteiger partial charge >= 0.3 is 6.09 Å².